The van der Waals surface area contributed by atoms with Crippen molar-refractivity contribution in [2.45, 2.75) is 37.6 Å². The van der Waals surface area contributed by atoms with Gasteiger partial charge in [-0.3, -0.25) is 0 Å². The van der Waals surface area contributed by atoms with Gasteiger partial charge >= 0.3 is 12.1 Å². The Kier molecular flexibility index (Phi) is 5.45. The lowest BCUT2D eigenvalue weighted by Gasteiger charge is -2.32. The van der Waals surface area contributed by atoms with Gasteiger partial charge in [0.1, 0.15) is 0 Å². The number of alkyl halides is 3. The number of rotatable bonds is 3. The monoisotopic (exact) mass is 402 g/mol. The average Bonchev–Trinajstić information content (AvgIpc) is 2.84. The van der Waals surface area contributed by atoms with E-state index in [1.807, 2.05) is 0 Å². The molecule has 1 aromatic rings. The number of benzene rings is 1. The zero-order chi connectivity index (χ0) is 20.0. The normalized spacial score (nSPS) is 28.9. The molecule has 0 amide bonds. The van der Waals surface area contributed by atoms with Crippen molar-refractivity contribution >= 4 is 17.6 Å². The number of halogens is 6. The van der Waals surface area contributed by atoms with Gasteiger partial charge in [-0.2, -0.15) is 17.6 Å². The summed E-state index contributed by atoms with van der Waals surface area (Å²) in [6, 6.07) is 0.932. The van der Waals surface area contributed by atoms with Gasteiger partial charge in [-0.1, -0.05) is 18.5 Å². The van der Waals surface area contributed by atoms with Crippen molar-refractivity contribution in [3.8, 4) is 5.75 Å². The highest BCUT2D eigenvalue weighted by Gasteiger charge is 2.66. The van der Waals surface area contributed by atoms with E-state index in [0.717, 1.165) is 27.2 Å². The van der Waals surface area contributed by atoms with Crippen molar-refractivity contribution in [1.82, 2.24) is 0 Å². The van der Waals surface area contributed by atoms with Crippen LogP contribution in [0, 0.1) is 17.6 Å². The Labute approximate surface area is 151 Å². The van der Waals surface area contributed by atoms with Gasteiger partial charge in [-0.05, 0) is 13.0 Å². The molecule has 1 fully saturated rings. The second-order valence-electron chi connectivity index (χ2n) is 6.09. The third-order valence-corrected chi connectivity index (χ3v) is 5.09. The van der Waals surface area contributed by atoms with Crippen LogP contribution in [-0.4, -0.2) is 38.1 Å². The first-order valence-corrected chi connectivity index (χ1v) is 7.82. The molecule has 1 saturated heterocycles. The molecular formula is C16H16ClF5O4. The summed E-state index contributed by atoms with van der Waals surface area (Å²) in [5, 5.41) is -0.658. The molecule has 0 aliphatic carbocycles. The maximum Gasteiger partial charge on any atom is 0.417 e. The first-order chi connectivity index (χ1) is 11.9. The number of hydrogen-bond acceptors (Lipinski definition) is 4. The number of carbonyl (C=O) groups excluding carboxylic acids is 1. The lowest BCUT2D eigenvalue weighted by atomic mass is 9.77. The summed E-state index contributed by atoms with van der Waals surface area (Å²) in [5.41, 5.74) is -2.94. The Bertz CT molecular complexity index is 724. The molecule has 1 aliphatic heterocycles. The predicted molar refractivity (Wildman–Crippen MR) is 81.2 cm³/mol. The molecule has 0 aromatic heterocycles. The van der Waals surface area contributed by atoms with Gasteiger partial charge in [0.2, 0.25) is 5.82 Å². The molecule has 1 aromatic carbocycles. The van der Waals surface area contributed by atoms with Gasteiger partial charge in [-0.15, -0.1) is 0 Å². The fraction of sp³-hybridized carbons (Fsp3) is 0.562. The van der Waals surface area contributed by atoms with Crippen LogP contribution in [0.15, 0.2) is 6.07 Å². The van der Waals surface area contributed by atoms with Crippen LogP contribution in [-0.2, 0) is 14.3 Å². The minimum atomic E-state index is -4.83. The minimum absolute atomic E-state index is 0.215. The average molecular weight is 403 g/mol. The van der Waals surface area contributed by atoms with E-state index in [1.54, 1.807) is 0 Å². The molecule has 0 N–H and O–H groups in total. The number of methoxy groups -OCH3 is 2. The molecule has 146 valence electrons. The quantitative estimate of drug-likeness (QED) is 0.431. The maximum atomic E-state index is 14.2. The van der Waals surface area contributed by atoms with Crippen LogP contribution in [0.5, 0.6) is 5.75 Å². The van der Waals surface area contributed by atoms with Crippen LogP contribution in [0.2, 0.25) is 5.02 Å². The van der Waals surface area contributed by atoms with E-state index in [-0.39, 0.29) is 5.56 Å². The number of carbonyl (C=O) groups is 1. The second kappa shape index (κ2) is 6.84. The van der Waals surface area contributed by atoms with Crippen LogP contribution in [0.3, 0.4) is 0 Å². The highest BCUT2D eigenvalue weighted by atomic mass is 35.5. The molecule has 2 rings (SSSR count). The first-order valence-electron chi connectivity index (χ1n) is 7.44. The first kappa shape index (κ1) is 20.7. The van der Waals surface area contributed by atoms with Gasteiger partial charge in [0, 0.05) is 17.4 Å². The molecule has 4 nitrogen and oxygen atoms in total. The Morgan fingerprint density at radius 2 is 1.85 bits per heavy atom. The molecule has 0 unspecified atom stereocenters. The van der Waals surface area contributed by atoms with Crippen molar-refractivity contribution in [2.75, 3.05) is 14.2 Å². The SMILES string of the molecule is COC(=O)[C@H]1O[C@@](C)(C(F)(F)F)[C@@H](C)[C@H]1c1cc(Cl)c(F)c(F)c1OC. The minimum Gasteiger partial charge on any atom is -0.493 e. The summed E-state index contributed by atoms with van der Waals surface area (Å²) < 4.78 is 83.0. The third-order valence-electron chi connectivity index (χ3n) is 4.81. The van der Waals surface area contributed by atoms with Crippen LogP contribution in [0.25, 0.3) is 0 Å². The highest BCUT2D eigenvalue weighted by Crippen LogP contribution is 2.55. The van der Waals surface area contributed by atoms with E-state index < -0.39 is 58.1 Å². The fourth-order valence-corrected chi connectivity index (χ4v) is 3.37. The van der Waals surface area contributed by atoms with Crippen molar-refractivity contribution < 1.29 is 41.0 Å². The Morgan fingerprint density at radius 1 is 1.27 bits per heavy atom. The van der Waals surface area contributed by atoms with E-state index in [1.165, 1.54) is 6.92 Å². The third kappa shape index (κ3) is 3.00. The number of hydrogen-bond donors (Lipinski definition) is 0. The summed E-state index contributed by atoms with van der Waals surface area (Å²) in [6.45, 7) is 1.97. The lowest BCUT2D eigenvalue weighted by molar-refractivity contribution is -0.274. The van der Waals surface area contributed by atoms with Crippen molar-refractivity contribution in [1.29, 1.82) is 0 Å². The highest BCUT2D eigenvalue weighted by molar-refractivity contribution is 6.30. The maximum absolute atomic E-state index is 14.2. The molecule has 1 heterocycles. The van der Waals surface area contributed by atoms with Crippen LogP contribution in [0.1, 0.15) is 25.3 Å². The molecule has 26 heavy (non-hydrogen) atoms. The van der Waals surface area contributed by atoms with Crippen molar-refractivity contribution in [2.24, 2.45) is 5.92 Å². The Hall–Kier alpha value is -1.61. The number of ether oxygens (including phenoxy) is 3. The zero-order valence-electron chi connectivity index (χ0n) is 14.2. The standard InChI is InChI=1S/C16H16ClF5O4/c1-6-9(7-5-8(17)10(18)11(19)12(7)24-3)13(14(23)25-4)26-15(6,2)16(20,21)22/h5-6,9,13H,1-4H3/t6-,9-,13-,15+/m0/s1. The van der Waals surface area contributed by atoms with E-state index in [2.05, 4.69) is 4.74 Å². The summed E-state index contributed by atoms with van der Waals surface area (Å²) in [7, 11) is 2.00. The fourth-order valence-electron chi connectivity index (χ4n) is 3.17. The largest absolute Gasteiger partial charge is 0.493 e. The summed E-state index contributed by atoms with van der Waals surface area (Å²) >= 11 is 5.65. The Balaban J connectivity index is 2.71. The molecule has 0 saturated carbocycles. The molecule has 10 heteroatoms. The summed E-state index contributed by atoms with van der Waals surface area (Å²) in [4.78, 5) is 12.0. The molecule has 4 atom stereocenters. The second-order valence-corrected chi connectivity index (χ2v) is 6.50. The van der Waals surface area contributed by atoms with Gasteiger partial charge in [0.05, 0.1) is 19.2 Å². The molecule has 1 aliphatic rings. The van der Waals surface area contributed by atoms with E-state index in [9.17, 15) is 26.7 Å². The van der Waals surface area contributed by atoms with Crippen molar-refractivity contribution in [3.05, 3.63) is 28.3 Å². The van der Waals surface area contributed by atoms with E-state index in [0.29, 0.717) is 0 Å². The lowest BCUT2D eigenvalue weighted by Crippen LogP contribution is -2.47. The molecular weight excluding hydrogens is 387 g/mol. The van der Waals surface area contributed by atoms with E-state index in [4.69, 9.17) is 21.1 Å². The van der Waals surface area contributed by atoms with Gasteiger partial charge < -0.3 is 14.2 Å². The smallest absolute Gasteiger partial charge is 0.417 e. The Morgan fingerprint density at radius 3 is 2.31 bits per heavy atom. The summed E-state index contributed by atoms with van der Waals surface area (Å²) in [5.74, 6) is -7.30. The molecule has 0 spiro atoms. The van der Waals surface area contributed by atoms with E-state index >= 15 is 0 Å². The van der Waals surface area contributed by atoms with Crippen LogP contribution in [0.4, 0.5) is 22.0 Å². The molecule has 0 bridgehead atoms. The van der Waals surface area contributed by atoms with Gasteiger partial charge in [0.15, 0.2) is 23.3 Å². The van der Waals surface area contributed by atoms with Crippen LogP contribution < -0.4 is 4.74 Å². The van der Waals surface area contributed by atoms with Gasteiger partial charge in [0.25, 0.3) is 0 Å². The summed E-state index contributed by atoms with van der Waals surface area (Å²) in [6.07, 6.45) is -6.54. The van der Waals surface area contributed by atoms with Crippen LogP contribution >= 0.6 is 11.6 Å². The topological polar surface area (TPSA) is 44.8 Å². The number of esters is 1. The van der Waals surface area contributed by atoms with Gasteiger partial charge in [-0.25, -0.2) is 9.18 Å². The van der Waals surface area contributed by atoms with Crippen molar-refractivity contribution in [3.63, 3.8) is 0 Å². The molecule has 0 radical (unpaired) electrons. The zero-order valence-corrected chi connectivity index (χ0v) is 15.0. The predicted octanol–water partition coefficient (Wildman–Crippen LogP) is 4.24.